The molecule has 0 radical (unpaired) electrons. The van der Waals surface area contributed by atoms with Crippen LogP contribution in [-0.4, -0.2) is 16.1 Å². The highest BCUT2D eigenvalue weighted by Gasteiger charge is 2.23. The number of hydrogen-bond acceptors (Lipinski definition) is 3. The molecule has 1 aromatic heterocycles. The van der Waals surface area contributed by atoms with Crippen LogP contribution in [0.15, 0.2) is 0 Å². The van der Waals surface area contributed by atoms with Gasteiger partial charge in [0, 0.05) is 23.1 Å². The van der Waals surface area contributed by atoms with Gasteiger partial charge in [0.2, 0.25) is 0 Å². The minimum absolute atomic E-state index is 0.348. The third kappa shape index (κ3) is 1.29. The quantitative estimate of drug-likeness (QED) is 0.679. The number of carbonyl (C=O) groups is 1. The Labute approximate surface area is 81.5 Å². The lowest BCUT2D eigenvalue weighted by Gasteiger charge is -2.07. The molecule has 0 aromatic carbocycles. The first-order valence-electron chi connectivity index (χ1n) is 4.37. The molecule has 0 bridgehead atoms. The van der Waals surface area contributed by atoms with Crippen molar-refractivity contribution in [2.24, 2.45) is 0 Å². The Morgan fingerprint density at radius 2 is 2.31 bits per heavy atom. The molecule has 4 heteroatoms. The van der Waals surface area contributed by atoms with E-state index in [9.17, 15) is 4.79 Å². The van der Waals surface area contributed by atoms with Crippen molar-refractivity contribution >= 4 is 18.0 Å². The Kier molecular flexibility index (Phi) is 2.15. The van der Waals surface area contributed by atoms with E-state index in [1.165, 1.54) is 5.69 Å². The lowest BCUT2D eigenvalue weighted by Crippen LogP contribution is -2.06. The van der Waals surface area contributed by atoms with Gasteiger partial charge in [-0.1, -0.05) is 0 Å². The fourth-order valence-electron chi connectivity index (χ4n) is 1.60. The molecule has 3 nitrogen and oxygen atoms in total. The second kappa shape index (κ2) is 3.18. The molecule has 0 N–H and O–H groups in total. The number of fused-ring (bicyclic) bond motifs is 1. The zero-order valence-electron chi connectivity index (χ0n) is 7.78. The van der Waals surface area contributed by atoms with E-state index in [1.807, 2.05) is 16.4 Å². The van der Waals surface area contributed by atoms with Crippen LogP contribution in [0, 0.1) is 0 Å². The second-order valence-corrected chi connectivity index (χ2v) is 4.45. The number of rotatable bonds is 2. The molecule has 0 amide bonds. The Morgan fingerprint density at radius 1 is 1.54 bits per heavy atom. The Hall–Kier alpha value is -0.770. The van der Waals surface area contributed by atoms with E-state index < -0.39 is 0 Å². The fourth-order valence-corrected chi connectivity index (χ4v) is 2.73. The van der Waals surface area contributed by atoms with Crippen molar-refractivity contribution in [2.45, 2.75) is 31.4 Å². The van der Waals surface area contributed by atoms with Gasteiger partial charge in [0.05, 0.1) is 5.69 Å². The van der Waals surface area contributed by atoms with E-state index in [-0.39, 0.29) is 0 Å². The minimum Gasteiger partial charge on any atom is -0.296 e. The van der Waals surface area contributed by atoms with Crippen molar-refractivity contribution in [3.05, 3.63) is 17.0 Å². The summed E-state index contributed by atoms with van der Waals surface area (Å²) in [6.45, 7) is 4.18. The summed E-state index contributed by atoms with van der Waals surface area (Å²) in [4.78, 5) is 10.7. The summed E-state index contributed by atoms with van der Waals surface area (Å²) in [5.41, 5.74) is 3.02. The normalized spacial score (nSPS) is 15.0. The molecule has 1 aliphatic rings. The first kappa shape index (κ1) is 8.81. The Balaban J connectivity index is 2.53. The summed E-state index contributed by atoms with van der Waals surface area (Å²) in [6, 6.07) is 0.348. The first-order valence-corrected chi connectivity index (χ1v) is 5.52. The van der Waals surface area contributed by atoms with Crippen molar-refractivity contribution in [3.63, 3.8) is 0 Å². The largest absolute Gasteiger partial charge is 0.296 e. The van der Waals surface area contributed by atoms with Crippen LogP contribution >= 0.6 is 11.8 Å². The second-order valence-electron chi connectivity index (χ2n) is 3.46. The lowest BCUT2D eigenvalue weighted by atomic mass is 10.2. The molecule has 70 valence electrons. The van der Waals surface area contributed by atoms with Crippen molar-refractivity contribution in [1.82, 2.24) is 9.78 Å². The van der Waals surface area contributed by atoms with Gasteiger partial charge < -0.3 is 0 Å². The van der Waals surface area contributed by atoms with Crippen molar-refractivity contribution in [1.29, 1.82) is 0 Å². The molecule has 1 aromatic rings. The molecule has 2 rings (SSSR count). The summed E-state index contributed by atoms with van der Waals surface area (Å²) in [7, 11) is 0. The molecule has 0 aliphatic carbocycles. The van der Waals surface area contributed by atoms with Crippen LogP contribution in [0.1, 0.15) is 41.6 Å². The summed E-state index contributed by atoms with van der Waals surface area (Å²) in [5, 5.41) is 4.29. The summed E-state index contributed by atoms with van der Waals surface area (Å²) in [6.07, 6.45) is 0.865. The van der Waals surface area contributed by atoms with Gasteiger partial charge in [-0.2, -0.15) is 16.9 Å². The van der Waals surface area contributed by atoms with Crippen molar-refractivity contribution in [3.8, 4) is 0 Å². The molecule has 0 saturated carbocycles. The number of carbonyl (C=O) groups excluding carboxylic acids is 1. The van der Waals surface area contributed by atoms with Gasteiger partial charge in [-0.3, -0.25) is 9.48 Å². The maximum Gasteiger partial charge on any atom is 0.170 e. The number of hydrogen-bond donors (Lipinski definition) is 0. The highest BCUT2D eigenvalue weighted by atomic mass is 32.2. The molecule has 0 spiro atoms. The average molecular weight is 196 g/mol. The molecule has 2 heterocycles. The first-order chi connectivity index (χ1) is 6.24. The third-order valence-corrected chi connectivity index (χ3v) is 3.21. The number of thioether (sulfide) groups is 1. The van der Waals surface area contributed by atoms with Gasteiger partial charge in [0.15, 0.2) is 6.29 Å². The highest BCUT2D eigenvalue weighted by molar-refractivity contribution is 7.98. The smallest absolute Gasteiger partial charge is 0.170 e. The molecule has 0 atom stereocenters. The Morgan fingerprint density at radius 3 is 2.92 bits per heavy atom. The van der Waals surface area contributed by atoms with Gasteiger partial charge >= 0.3 is 0 Å². The van der Waals surface area contributed by atoms with E-state index in [0.717, 1.165) is 23.4 Å². The zero-order chi connectivity index (χ0) is 9.42. The van der Waals surface area contributed by atoms with Gasteiger partial charge in [-0.05, 0) is 13.8 Å². The van der Waals surface area contributed by atoms with Crippen LogP contribution in [0.4, 0.5) is 0 Å². The molecular weight excluding hydrogens is 184 g/mol. The molecule has 0 fully saturated rings. The topological polar surface area (TPSA) is 34.9 Å². The summed E-state index contributed by atoms with van der Waals surface area (Å²) >= 11 is 1.85. The summed E-state index contributed by atoms with van der Waals surface area (Å²) in [5.74, 6) is 1.93. The minimum atomic E-state index is 0.348. The van der Waals surface area contributed by atoms with Crippen molar-refractivity contribution < 1.29 is 4.79 Å². The summed E-state index contributed by atoms with van der Waals surface area (Å²) < 4.78 is 1.97. The highest BCUT2D eigenvalue weighted by Crippen LogP contribution is 2.32. The third-order valence-electron chi connectivity index (χ3n) is 2.24. The molecule has 0 unspecified atom stereocenters. The lowest BCUT2D eigenvalue weighted by molar-refractivity contribution is 0.111. The van der Waals surface area contributed by atoms with Gasteiger partial charge in [-0.25, -0.2) is 0 Å². The molecular formula is C9H12N2OS. The predicted molar refractivity (Wildman–Crippen MR) is 53.0 cm³/mol. The average Bonchev–Trinajstić information content (AvgIpc) is 2.61. The van der Waals surface area contributed by atoms with E-state index in [1.54, 1.807) is 0 Å². The van der Waals surface area contributed by atoms with E-state index in [4.69, 9.17) is 0 Å². The van der Waals surface area contributed by atoms with E-state index in [0.29, 0.717) is 11.7 Å². The fraction of sp³-hybridized carbons (Fsp3) is 0.556. The van der Waals surface area contributed by atoms with Crippen LogP contribution in [0.25, 0.3) is 0 Å². The number of nitrogens with zero attached hydrogens (tertiary/aromatic N) is 2. The number of aldehydes is 1. The molecule has 1 aliphatic heterocycles. The van der Waals surface area contributed by atoms with Crippen LogP contribution < -0.4 is 0 Å². The van der Waals surface area contributed by atoms with Crippen LogP contribution in [0.5, 0.6) is 0 Å². The maximum atomic E-state index is 10.7. The van der Waals surface area contributed by atoms with Gasteiger partial charge in [0.1, 0.15) is 5.69 Å². The number of aromatic nitrogens is 2. The van der Waals surface area contributed by atoms with Crippen molar-refractivity contribution in [2.75, 3.05) is 0 Å². The van der Waals surface area contributed by atoms with Gasteiger partial charge in [0.25, 0.3) is 0 Å². The molecule has 0 saturated heterocycles. The molecule has 13 heavy (non-hydrogen) atoms. The zero-order valence-corrected chi connectivity index (χ0v) is 8.60. The van der Waals surface area contributed by atoms with Crippen LogP contribution in [0.3, 0.4) is 0 Å². The predicted octanol–water partition coefficient (Wildman–Crippen LogP) is 2.02. The van der Waals surface area contributed by atoms with Crippen LogP contribution in [-0.2, 0) is 11.5 Å². The maximum absolute atomic E-state index is 10.7. The monoisotopic (exact) mass is 196 g/mol. The Bertz CT molecular complexity index is 344. The van der Waals surface area contributed by atoms with Crippen LogP contribution in [0.2, 0.25) is 0 Å². The standard InChI is InChI=1S/C9H12N2OS/c1-6(2)11-9-5-13-4-7(9)8(3-12)10-11/h3,6H,4-5H2,1-2H3. The van der Waals surface area contributed by atoms with E-state index in [2.05, 4.69) is 18.9 Å². The van der Waals surface area contributed by atoms with E-state index >= 15 is 0 Å². The SMILES string of the molecule is CC(C)n1nc(C=O)c2c1CSC2. The van der Waals surface area contributed by atoms with Gasteiger partial charge in [-0.15, -0.1) is 0 Å².